The monoisotopic (exact) mass is 474 g/mol. The van der Waals surface area contributed by atoms with Crippen LogP contribution < -0.4 is 0 Å². The average Bonchev–Trinajstić information content (AvgIpc) is 3.22. The molecule has 0 aromatic heterocycles. The lowest BCUT2D eigenvalue weighted by molar-refractivity contribution is -0.234. The van der Waals surface area contributed by atoms with Crippen LogP contribution in [-0.4, -0.2) is 24.0 Å². The molecule has 1 spiro atoms. The maximum absolute atomic E-state index is 14.5. The van der Waals surface area contributed by atoms with Gasteiger partial charge in [0.15, 0.2) is 5.78 Å². The lowest BCUT2D eigenvalue weighted by atomic mass is 9.42. The highest BCUT2D eigenvalue weighted by molar-refractivity contribution is 6.13. The summed E-state index contributed by atoms with van der Waals surface area (Å²) < 4.78 is 12.5. The smallest absolute Gasteiger partial charge is 0.347 e. The fraction of sp³-hybridized carbons (Fsp3) is 0.548. The molecule has 0 bridgehead atoms. The topological polar surface area (TPSA) is 52.6 Å². The first kappa shape index (κ1) is 24.2. The summed E-state index contributed by atoms with van der Waals surface area (Å²) in [5.41, 5.74) is 0.197. The molecule has 1 aromatic carbocycles. The van der Waals surface area contributed by atoms with Crippen molar-refractivity contribution in [3.63, 3.8) is 0 Å². The highest BCUT2D eigenvalue weighted by Crippen LogP contribution is 2.73. The Bertz CT molecular complexity index is 1110. The van der Waals surface area contributed by atoms with Gasteiger partial charge in [-0.15, -0.1) is 6.58 Å². The van der Waals surface area contributed by atoms with Crippen molar-refractivity contribution in [2.75, 3.05) is 6.61 Å². The van der Waals surface area contributed by atoms with Gasteiger partial charge in [0, 0.05) is 5.92 Å². The predicted molar refractivity (Wildman–Crippen MR) is 136 cm³/mol. The molecule has 0 amide bonds. The van der Waals surface area contributed by atoms with Crippen LogP contribution in [0.25, 0.3) is 0 Å². The summed E-state index contributed by atoms with van der Waals surface area (Å²) in [7, 11) is 0. The predicted octanol–water partition coefficient (Wildman–Crippen LogP) is 6.18. The van der Waals surface area contributed by atoms with Gasteiger partial charge in [0.25, 0.3) is 0 Å². The van der Waals surface area contributed by atoms with Gasteiger partial charge >= 0.3 is 5.97 Å². The minimum Gasteiger partial charge on any atom is -0.462 e. The summed E-state index contributed by atoms with van der Waals surface area (Å²) in [4.78, 5) is 27.8. The zero-order valence-electron chi connectivity index (χ0n) is 21.7. The molecule has 0 unspecified atom stereocenters. The number of cyclic esters (lactones) is 1. The zero-order valence-corrected chi connectivity index (χ0v) is 21.7. The second-order valence-electron chi connectivity index (χ2n) is 11.7. The van der Waals surface area contributed by atoms with Crippen LogP contribution in [0.3, 0.4) is 0 Å². The number of rotatable bonds is 6. The molecule has 1 saturated carbocycles. The molecule has 2 aliphatic heterocycles. The molecule has 3 fully saturated rings. The number of carbonyl (C=O) groups excluding carboxylic acids is 2. The van der Waals surface area contributed by atoms with Crippen molar-refractivity contribution in [1.29, 1.82) is 0 Å². The quantitative estimate of drug-likeness (QED) is 0.281. The van der Waals surface area contributed by atoms with Crippen molar-refractivity contribution in [3.05, 3.63) is 71.8 Å². The van der Waals surface area contributed by atoms with Crippen molar-refractivity contribution in [3.8, 4) is 0 Å². The van der Waals surface area contributed by atoms with Gasteiger partial charge in [-0.25, -0.2) is 4.79 Å². The van der Waals surface area contributed by atoms with Crippen LogP contribution in [0.5, 0.6) is 0 Å². The molecule has 0 radical (unpaired) electrons. The minimum absolute atomic E-state index is 0.0605. The Kier molecular flexibility index (Phi) is 5.75. The Morgan fingerprint density at radius 2 is 1.91 bits per heavy atom. The summed E-state index contributed by atoms with van der Waals surface area (Å²) in [6, 6.07) is 10.1. The SMILES string of the molecule is C=C[C@@]1(C)COC(=O)[C@]12O[C@]1(c3ccccc3)[C@H](C2=O)[C@@H]2[C@H]([C@H](C)CCC=C(C)C)CC=C(C)[C@@H]21. The van der Waals surface area contributed by atoms with Gasteiger partial charge < -0.3 is 9.47 Å². The van der Waals surface area contributed by atoms with E-state index in [0.717, 1.165) is 24.8 Å². The molecule has 0 N–H and O–H groups in total. The number of carbonyl (C=O) groups is 2. The van der Waals surface area contributed by atoms with Crippen LogP contribution in [0, 0.1) is 35.0 Å². The minimum atomic E-state index is -1.64. The third-order valence-corrected chi connectivity index (χ3v) is 9.52. The molecule has 1 aromatic rings. The second-order valence-corrected chi connectivity index (χ2v) is 11.7. The standard InChI is InChI=1S/C31H38O4/c1-7-29(6)18-34-28(33)31(29)27(32)26-24-23(20(4)13-11-12-19(2)3)17-16-21(5)25(24)30(26,35-31)22-14-9-8-10-15-22/h7-10,12,14-16,20,23-26H,1,11,13,17-18H2,2-6H3/t20-,23+,24-,25+,26+,29+,30+,31+/m1/s1. The highest BCUT2D eigenvalue weighted by atomic mass is 16.6. The summed E-state index contributed by atoms with van der Waals surface area (Å²) >= 11 is 0. The van der Waals surface area contributed by atoms with E-state index in [9.17, 15) is 9.59 Å². The first-order chi connectivity index (χ1) is 16.6. The molecule has 2 heterocycles. The van der Waals surface area contributed by atoms with Crippen molar-refractivity contribution in [1.82, 2.24) is 0 Å². The van der Waals surface area contributed by atoms with Crippen LogP contribution in [0.1, 0.15) is 59.4 Å². The van der Waals surface area contributed by atoms with E-state index in [0.29, 0.717) is 11.8 Å². The van der Waals surface area contributed by atoms with Gasteiger partial charge in [0.1, 0.15) is 12.2 Å². The Morgan fingerprint density at radius 3 is 2.57 bits per heavy atom. The number of Topliss-reactive ketones (excluding diaryl/α,β-unsaturated/α-hetero) is 1. The summed E-state index contributed by atoms with van der Waals surface area (Å²) in [6.45, 7) is 14.7. The fourth-order valence-electron chi connectivity index (χ4n) is 7.57. The lowest BCUT2D eigenvalue weighted by Gasteiger charge is -2.62. The van der Waals surface area contributed by atoms with Crippen LogP contribution >= 0.6 is 0 Å². The molecule has 5 rings (SSSR count). The van der Waals surface area contributed by atoms with Crippen molar-refractivity contribution < 1.29 is 19.1 Å². The zero-order chi connectivity index (χ0) is 25.2. The fourth-order valence-corrected chi connectivity index (χ4v) is 7.57. The van der Waals surface area contributed by atoms with Crippen LogP contribution in [0.15, 0.2) is 66.3 Å². The van der Waals surface area contributed by atoms with E-state index < -0.39 is 22.6 Å². The molecule has 4 heteroatoms. The van der Waals surface area contributed by atoms with Crippen LogP contribution in [0.2, 0.25) is 0 Å². The van der Waals surface area contributed by atoms with Crippen molar-refractivity contribution in [2.24, 2.45) is 35.0 Å². The molecular weight excluding hydrogens is 436 g/mol. The van der Waals surface area contributed by atoms with Gasteiger partial charge in [-0.3, -0.25) is 4.79 Å². The number of fused-ring (bicyclic) bond motifs is 4. The first-order valence-electron chi connectivity index (χ1n) is 13.0. The van der Waals surface area contributed by atoms with Crippen LogP contribution in [0.4, 0.5) is 0 Å². The highest BCUT2D eigenvalue weighted by Gasteiger charge is 2.83. The third-order valence-electron chi connectivity index (χ3n) is 9.52. The van der Waals surface area contributed by atoms with Gasteiger partial charge in [-0.05, 0) is 70.3 Å². The largest absolute Gasteiger partial charge is 0.462 e. The number of ketones is 1. The molecule has 2 aliphatic carbocycles. The number of hydrogen-bond donors (Lipinski definition) is 0. The van der Waals surface area contributed by atoms with Crippen molar-refractivity contribution >= 4 is 11.8 Å². The van der Waals surface area contributed by atoms with E-state index in [1.165, 1.54) is 11.1 Å². The van der Waals surface area contributed by atoms with Gasteiger partial charge in [0.2, 0.25) is 5.60 Å². The number of esters is 1. The second kappa shape index (κ2) is 8.30. The maximum atomic E-state index is 14.5. The van der Waals surface area contributed by atoms with Crippen molar-refractivity contribution in [2.45, 2.75) is 65.1 Å². The Morgan fingerprint density at radius 1 is 1.20 bits per heavy atom. The number of benzene rings is 1. The average molecular weight is 475 g/mol. The normalized spacial score (nSPS) is 40.3. The van der Waals surface area contributed by atoms with E-state index in [1.54, 1.807) is 6.08 Å². The maximum Gasteiger partial charge on any atom is 0.347 e. The molecular formula is C31H38O4. The van der Waals surface area contributed by atoms with Gasteiger partial charge in [0.05, 0.1) is 11.3 Å². The molecule has 4 aliphatic rings. The number of allylic oxidation sites excluding steroid dienone is 3. The third kappa shape index (κ3) is 3.08. The van der Waals surface area contributed by atoms with Crippen LogP contribution in [-0.2, 0) is 24.7 Å². The summed E-state index contributed by atoms with van der Waals surface area (Å²) in [5.74, 6) is -0.00100. The first-order valence-corrected chi connectivity index (χ1v) is 13.0. The molecule has 2 saturated heterocycles. The number of hydrogen-bond acceptors (Lipinski definition) is 4. The summed E-state index contributed by atoms with van der Waals surface area (Å²) in [6.07, 6.45) is 9.44. The van der Waals surface area contributed by atoms with Gasteiger partial charge in [-0.1, -0.05) is 66.6 Å². The molecule has 8 atom stereocenters. The lowest BCUT2D eigenvalue weighted by Crippen LogP contribution is -2.64. The Hall–Kier alpha value is -2.46. The molecule has 35 heavy (non-hydrogen) atoms. The van der Waals surface area contributed by atoms with E-state index in [4.69, 9.17) is 9.47 Å². The number of ether oxygens (including phenoxy) is 2. The molecule has 4 nitrogen and oxygen atoms in total. The van der Waals surface area contributed by atoms with E-state index >= 15 is 0 Å². The molecule has 186 valence electrons. The Labute approximate surface area is 209 Å². The van der Waals surface area contributed by atoms with Gasteiger partial charge in [-0.2, -0.15) is 0 Å². The summed E-state index contributed by atoms with van der Waals surface area (Å²) in [5, 5.41) is 0. The van der Waals surface area contributed by atoms with E-state index in [-0.39, 0.29) is 30.1 Å². The Balaban J connectivity index is 1.63. The van der Waals surface area contributed by atoms with E-state index in [1.807, 2.05) is 25.1 Å². The van der Waals surface area contributed by atoms with E-state index in [2.05, 4.69) is 58.6 Å².